The van der Waals surface area contributed by atoms with E-state index in [-0.39, 0.29) is 11.3 Å². The zero-order chi connectivity index (χ0) is 16.8. The second-order valence-corrected chi connectivity index (χ2v) is 6.06. The van der Waals surface area contributed by atoms with E-state index in [1.54, 1.807) is 18.2 Å². The van der Waals surface area contributed by atoms with Crippen LogP contribution in [0, 0.1) is 10.1 Å². The average Bonchev–Trinajstić information content (AvgIpc) is 2.74. The Hall–Kier alpha value is -2.73. The lowest BCUT2D eigenvalue weighted by Gasteiger charge is -2.28. The van der Waals surface area contributed by atoms with Gasteiger partial charge in [0.2, 0.25) is 0 Å². The predicted octanol–water partition coefficient (Wildman–Crippen LogP) is 2.85. The minimum atomic E-state index is -1.09. The molecule has 1 N–H and O–H groups in total. The number of hydrogen-bond acceptors (Lipinski definition) is 4. The summed E-state index contributed by atoms with van der Waals surface area (Å²) in [5.41, 5.74) is 0.444. The maximum absolute atomic E-state index is 12.9. The second-order valence-electron chi connectivity index (χ2n) is 6.06. The maximum Gasteiger partial charge on any atom is 0.282 e. The van der Waals surface area contributed by atoms with Gasteiger partial charge < -0.3 is 5.11 Å². The van der Waals surface area contributed by atoms with Crippen molar-refractivity contribution in [2.75, 3.05) is 4.90 Å². The summed E-state index contributed by atoms with van der Waals surface area (Å²) in [6.45, 7) is 3.67. The van der Waals surface area contributed by atoms with Gasteiger partial charge in [-0.1, -0.05) is 44.2 Å². The van der Waals surface area contributed by atoms with Crippen molar-refractivity contribution in [2.24, 2.45) is 0 Å². The van der Waals surface area contributed by atoms with E-state index in [0.717, 1.165) is 5.56 Å². The molecule has 1 amide bonds. The van der Waals surface area contributed by atoms with Crippen molar-refractivity contribution in [2.45, 2.75) is 25.5 Å². The van der Waals surface area contributed by atoms with Crippen LogP contribution in [0.5, 0.6) is 0 Å². The van der Waals surface area contributed by atoms with E-state index in [2.05, 4.69) is 0 Å². The highest BCUT2D eigenvalue weighted by Crippen LogP contribution is 2.44. The van der Waals surface area contributed by atoms with Crippen molar-refractivity contribution < 1.29 is 14.8 Å². The first-order valence-corrected chi connectivity index (χ1v) is 7.20. The molecule has 1 aliphatic rings. The highest BCUT2D eigenvalue weighted by molar-refractivity contribution is 6.10. The van der Waals surface area contributed by atoms with Crippen molar-refractivity contribution in [3.63, 3.8) is 0 Å². The largest absolute Gasteiger partial charge is 0.372 e. The summed E-state index contributed by atoms with van der Waals surface area (Å²) in [6, 6.07) is 13.0. The SMILES string of the molecule is CC1(C)c2ccccc2N(C(=O)c2ccccc2[N+](=O)[O-])C1O. The monoisotopic (exact) mass is 312 g/mol. The lowest BCUT2D eigenvalue weighted by Crippen LogP contribution is -2.44. The quantitative estimate of drug-likeness (QED) is 0.682. The number of nitro groups is 1. The number of anilines is 1. The van der Waals surface area contributed by atoms with Crippen molar-refractivity contribution in [1.82, 2.24) is 0 Å². The van der Waals surface area contributed by atoms with Gasteiger partial charge in [-0.05, 0) is 17.7 Å². The topological polar surface area (TPSA) is 83.7 Å². The van der Waals surface area contributed by atoms with Gasteiger partial charge in [0.25, 0.3) is 11.6 Å². The van der Waals surface area contributed by atoms with E-state index in [4.69, 9.17) is 0 Å². The molecule has 0 saturated carbocycles. The summed E-state index contributed by atoms with van der Waals surface area (Å²) in [4.78, 5) is 24.7. The summed E-state index contributed by atoms with van der Waals surface area (Å²) in [5.74, 6) is -0.581. The van der Waals surface area contributed by atoms with E-state index in [1.807, 2.05) is 26.0 Å². The van der Waals surface area contributed by atoms with Gasteiger partial charge in [0, 0.05) is 11.5 Å². The third kappa shape index (κ3) is 2.19. The number of nitro benzene ring substituents is 1. The fourth-order valence-electron chi connectivity index (χ4n) is 2.99. The molecular formula is C17H16N2O4. The van der Waals surface area contributed by atoms with Gasteiger partial charge in [-0.2, -0.15) is 0 Å². The number of amides is 1. The standard InChI is InChI=1S/C17H16N2O4/c1-17(2)12-8-4-6-10-14(12)18(16(17)21)15(20)11-7-3-5-9-13(11)19(22)23/h3-10,16,21H,1-2H3. The Kier molecular flexibility index (Phi) is 3.41. The fraction of sp³-hybridized carbons (Fsp3) is 0.235. The van der Waals surface area contributed by atoms with Crippen LogP contribution in [0.4, 0.5) is 11.4 Å². The lowest BCUT2D eigenvalue weighted by molar-refractivity contribution is -0.385. The number of carbonyl (C=O) groups is 1. The first-order valence-electron chi connectivity index (χ1n) is 7.20. The van der Waals surface area contributed by atoms with Crippen LogP contribution in [0.2, 0.25) is 0 Å². The number of fused-ring (bicyclic) bond motifs is 1. The highest BCUT2D eigenvalue weighted by Gasteiger charge is 2.47. The fourth-order valence-corrected chi connectivity index (χ4v) is 2.99. The molecule has 1 atom stereocenters. The number of benzene rings is 2. The van der Waals surface area contributed by atoms with Gasteiger partial charge in [0.15, 0.2) is 0 Å². The second kappa shape index (κ2) is 5.17. The highest BCUT2D eigenvalue weighted by atomic mass is 16.6. The summed E-state index contributed by atoms with van der Waals surface area (Å²) >= 11 is 0. The van der Waals surface area contributed by atoms with Crippen LogP contribution >= 0.6 is 0 Å². The predicted molar refractivity (Wildman–Crippen MR) is 85.4 cm³/mol. The number of aliphatic hydroxyl groups excluding tert-OH is 1. The third-order valence-electron chi connectivity index (χ3n) is 4.30. The normalized spacial score (nSPS) is 18.6. The molecule has 0 spiro atoms. The number of rotatable bonds is 2. The number of carbonyl (C=O) groups excluding carboxylic acids is 1. The summed E-state index contributed by atoms with van der Waals surface area (Å²) in [5, 5.41) is 21.8. The molecule has 0 aliphatic carbocycles. The van der Waals surface area contributed by atoms with Gasteiger partial charge in [-0.3, -0.25) is 19.8 Å². The third-order valence-corrected chi connectivity index (χ3v) is 4.30. The summed E-state index contributed by atoms with van der Waals surface area (Å²) in [6.07, 6.45) is -1.09. The molecule has 1 heterocycles. The van der Waals surface area contributed by atoms with E-state index in [9.17, 15) is 20.0 Å². The zero-order valence-electron chi connectivity index (χ0n) is 12.8. The first kappa shape index (κ1) is 15.2. The van der Waals surface area contributed by atoms with E-state index >= 15 is 0 Å². The Morgan fingerprint density at radius 2 is 1.78 bits per heavy atom. The summed E-state index contributed by atoms with van der Waals surface area (Å²) in [7, 11) is 0. The lowest BCUT2D eigenvalue weighted by atomic mass is 9.85. The van der Waals surface area contributed by atoms with Crippen LogP contribution in [-0.4, -0.2) is 22.2 Å². The first-order chi connectivity index (χ1) is 10.9. The maximum atomic E-state index is 12.9. The van der Waals surface area contributed by atoms with E-state index in [1.165, 1.54) is 23.1 Å². The molecule has 2 aromatic rings. The molecule has 6 nitrogen and oxygen atoms in total. The van der Waals surface area contributed by atoms with Gasteiger partial charge in [-0.25, -0.2) is 0 Å². The van der Waals surface area contributed by atoms with Gasteiger partial charge in [-0.15, -0.1) is 0 Å². The van der Waals surface area contributed by atoms with Crippen LogP contribution in [0.15, 0.2) is 48.5 Å². The number of para-hydroxylation sites is 2. The molecule has 0 radical (unpaired) electrons. The van der Waals surface area contributed by atoms with E-state index in [0.29, 0.717) is 5.69 Å². The molecule has 6 heteroatoms. The Morgan fingerprint density at radius 3 is 2.48 bits per heavy atom. The van der Waals surface area contributed by atoms with Crippen LogP contribution in [-0.2, 0) is 5.41 Å². The smallest absolute Gasteiger partial charge is 0.282 e. The van der Waals surface area contributed by atoms with Crippen molar-refractivity contribution >= 4 is 17.3 Å². The summed E-state index contributed by atoms with van der Waals surface area (Å²) < 4.78 is 0. The number of nitrogens with zero attached hydrogens (tertiary/aromatic N) is 2. The van der Waals surface area contributed by atoms with Crippen molar-refractivity contribution in [1.29, 1.82) is 0 Å². The molecule has 2 aromatic carbocycles. The average molecular weight is 312 g/mol. The molecule has 0 fully saturated rings. The van der Waals surface area contributed by atoms with Gasteiger partial charge in [0.1, 0.15) is 11.8 Å². The number of aliphatic hydroxyl groups is 1. The Morgan fingerprint density at radius 1 is 1.17 bits per heavy atom. The van der Waals surface area contributed by atoms with Gasteiger partial charge >= 0.3 is 0 Å². The molecule has 0 saturated heterocycles. The zero-order valence-corrected chi connectivity index (χ0v) is 12.8. The number of hydrogen-bond donors (Lipinski definition) is 1. The van der Waals surface area contributed by atoms with Crippen molar-refractivity contribution in [3.8, 4) is 0 Å². The van der Waals surface area contributed by atoms with Crippen LogP contribution in [0.1, 0.15) is 29.8 Å². The van der Waals surface area contributed by atoms with Crippen LogP contribution < -0.4 is 4.90 Å². The van der Waals surface area contributed by atoms with Crippen molar-refractivity contribution in [3.05, 3.63) is 69.8 Å². The molecule has 1 aliphatic heterocycles. The Bertz CT molecular complexity index is 801. The molecule has 0 aromatic heterocycles. The van der Waals surface area contributed by atoms with E-state index < -0.39 is 22.5 Å². The van der Waals surface area contributed by atoms with Crippen LogP contribution in [0.3, 0.4) is 0 Å². The van der Waals surface area contributed by atoms with Crippen LogP contribution in [0.25, 0.3) is 0 Å². The Labute approximate surface area is 133 Å². The van der Waals surface area contributed by atoms with Gasteiger partial charge in [0.05, 0.1) is 10.6 Å². The molecule has 1 unspecified atom stereocenters. The molecule has 0 bridgehead atoms. The molecule has 3 rings (SSSR count). The molecule has 118 valence electrons. The minimum Gasteiger partial charge on any atom is -0.372 e. The molecule has 23 heavy (non-hydrogen) atoms. The minimum absolute atomic E-state index is 0.0379. The Balaban J connectivity index is 2.13. The molecular weight excluding hydrogens is 296 g/mol.